The molecule has 0 radical (unpaired) electrons. The van der Waals surface area contributed by atoms with Crippen LogP contribution in [0.25, 0.3) is 0 Å². The predicted octanol–water partition coefficient (Wildman–Crippen LogP) is 3.86. The van der Waals surface area contributed by atoms with Crippen molar-refractivity contribution in [3.63, 3.8) is 0 Å². The quantitative estimate of drug-likeness (QED) is 0.490. The normalized spacial score (nSPS) is 10.3. The van der Waals surface area contributed by atoms with Gasteiger partial charge in [0.05, 0.1) is 13.7 Å². The lowest BCUT2D eigenvalue weighted by Crippen LogP contribution is -2.31. The van der Waals surface area contributed by atoms with Crippen molar-refractivity contribution in [2.45, 2.75) is 6.42 Å². The summed E-state index contributed by atoms with van der Waals surface area (Å²) in [5, 5.41) is 8.65. The molecule has 0 saturated carbocycles. The van der Waals surface area contributed by atoms with Crippen molar-refractivity contribution in [1.82, 2.24) is 5.32 Å². The highest BCUT2D eigenvalue weighted by Gasteiger charge is 2.07. The fourth-order valence-corrected chi connectivity index (χ4v) is 2.86. The number of ether oxygens (including phenoxy) is 1. The lowest BCUT2D eigenvalue weighted by Gasteiger charge is -2.09. The summed E-state index contributed by atoms with van der Waals surface area (Å²) in [5.41, 5.74) is 2.86. The molecule has 0 fully saturated rings. The van der Waals surface area contributed by atoms with Crippen molar-refractivity contribution in [3.8, 4) is 5.75 Å². The van der Waals surface area contributed by atoms with E-state index in [1.54, 1.807) is 67.8 Å². The minimum atomic E-state index is -0.277. The molecule has 160 valence electrons. The first-order chi connectivity index (χ1) is 15.0. The molecule has 31 heavy (non-hydrogen) atoms. The Balaban J connectivity index is 1.41. The Morgan fingerprint density at radius 3 is 2.16 bits per heavy atom. The van der Waals surface area contributed by atoms with Gasteiger partial charge in [0.2, 0.25) is 5.91 Å². The van der Waals surface area contributed by atoms with E-state index in [9.17, 15) is 14.0 Å². The van der Waals surface area contributed by atoms with Crippen LogP contribution in [0.5, 0.6) is 5.75 Å². The maximum Gasteiger partial charge on any atom is 0.255 e. The Morgan fingerprint density at radius 2 is 1.52 bits per heavy atom. The summed E-state index contributed by atoms with van der Waals surface area (Å²) in [6.07, 6.45) is 0.629. The number of nitrogens with one attached hydrogen (secondary N) is 3. The van der Waals surface area contributed by atoms with Gasteiger partial charge in [0.15, 0.2) is 0 Å². The van der Waals surface area contributed by atoms with Gasteiger partial charge in [-0.05, 0) is 72.6 Å². The van der Waals surface area contributed by atoms with Gasteiger partial charge in [-0.15, -0.1) is 0 Å². The van der Waals surface area contributed by atoms with Crippen LogP contribution in [0.4, 0.5) is 15.8 Å². The van der Waals surface area contributed by atoms with Crippen molar-refractivity contribution in [3.05, 3.63) is 89.7 Å². The lowest BCUT2D eigenvalue weighted by atomic mass is 10.1. The Morgan fingerprint density at radius 1 is 0.871 bits per heavy atom. The third-order valence-electron chi connectivity index (χ3n) is 4.60. The van der Waals surface area contributed by atoms with Gasteiger partial charge in [-0.1, -0.05) is 12.1 Å². The molecular weight excluding hydrogens is 397 g/mol. The SMILES string of the molecule is COc1ccc(NC(=O)c2ccc(NCC(=O)NCCc3ccc(F)cc3)cc2)cc1. The van der Waals surface area contributed by atoms with Crippen molar-refractivity contribution < 1.29 is 18.7 Å². The number of benzene rings is 3. The maximum absolute atomic E-state index is 12.9. The fraction of sp³-hybridized carbons (Fsp3) is 0.167. The number of hydrogen-bond acceptors (Lipinski definition) is 4. The summed E-state index contributed by atoms with van der Waals surface area (Å²) in [4.78, 5) is 24.3. The zero-order valence-electron chi connectivity index (χ0n) is 17.2. The molecule has 0 aliphatic heterocycles. The van der Waals surface area contributed by atoms with Crippen molar-refractivity contribution >= 4 is 23.2 Å². The smallest absolute Gasteiger partial charge is 0.255 e. The van der Waals surface area contributed by atoms with Crippen molar-refractivity contribution in [2.24, 2.45) is 0 Å². The van der Waals surface area contributed by atoms with Crippen molar-refractivity contribution in [1.29, 1.82) is 0 Å². The Kier molecular flexibility index (Phi) is 7.59. The molecule has 7 heteroatoms. The predicted molar refractivity (Wildman–Crippen MR) is 119 cm³/mol. The number of hydrogen-bond donors (Lipinski definition) is 3. The van der Waals surface area contributed by atoms with Gasteiger partial charge in [0.25, 0.3) is 5.91 Å². The van der Waals surface area contributed by atoms with Crippen LogP contribution in [0.3, 0.4) is 0 Å². The fourth-order valence-electron chi connectivity index (χ4n) is 2.86. The van der Waals surface area contributed by atoms with E-state index in [-0.39, 0.29) is 24.2 Å². The number of halogens is 1. The first-order valence-electron chi connectivity index (χ1n) is 9.84. The Labute approximate surface area is 180 Å². The second-order valence-corrected chi connectivity index (χ2v) is 6.84. The van der Waals surface area contributed by atoms with Crippen LogP contribution in [-0.2, 0) is 11.2 Å². The summed E-state index contributed by atoms with van der Waals surface area (Å²) < 4.78 is 18.0. The molecule has 0 atom stereocenters. The van der Waals surface area contributed by atoms with Gasteiger partial charge >= 0.3 is 0 Å². The summed E-state index contributed by atoms with van der Waals surface area (Å²) >= 11 is 0. The van der Waals surface area contributed by atoms with Crippen LogP contribution in [0.15, 0.2) is 72.8 Å². The zero-order valence-corrected chi connectivity index (χ0v) is 17.2. The molecule has 0 aliphatic rings. The monoisotopic (exact) mass is 421 g/mol. The highest BCUT2D eigenvalue weighted by molar-refractivity contribution is 6.04. The summed E-state index contributed by atoms with van der Waals surface area (Å²) in [6, 6.07) is 20.1. The molecule has 0 spiro atoms. The molecule has 2 amide bonds. The number of amides is 2. The molecule has 0 bridgehead atoms. The van der Waals surface area contributed by atoms with Crippen LogP contribution in [0, 0.1) is 5.82 Å². The van der Waals surface area contributed by atoms with Gasteiger partial charge in [0, 0.05) is 23.5 Å². The molecule has 3 aromatic carbocycles. The van der Waals surface area contributed by atoms with Gasteiger partial charge in [-0.2, -0.15) is 0 Å². The lowest BCUT2D eigenvalue weighted by molar-refractivity contribution is -0.119. The van der Waals surface area contributed by atoms with Crippen LogP contribution >= 0.6 is 0 Å². The first kappa shape index (κ1) is 21.8. The average Bonchev–Trinajstić information content (AvgIpc) is 2.80. The van der Waals surface area contributed by atoms with Gasteiger partial charge in [-0.25, -0.2) is 4.39 Å². The second-order valence-electron chi connectivity index (χ2n) is 6.84. The van der Waals surface area contributed by atoms with E-state index in [4.69, 9.17) is 4.74 Å². The molecular formula is C24H24FN3O3. The van der Waals surface area contributed by atoms with E-state index in [0.29, 0.717) is 30.0 Å². The average molecular weight is 421 g/mol. The standard InChI is InChI=1S/C24H24FN3O3/c1-31-22-12-10-21(11-13-22)28-24(30)18-4-8-20(9-5-18)27-16-23(29)26-15-14-17-2-6-19(25)7-3-17/h2-13,27H,14-16H2,1H3,(H,26,29)(H,28,30). The van der Waals surface area contributed by atoms with E-state index in [1.807, 2.05) is 0 Å². The van der Waals surface area contributed by atoms with Crippen LogP contribution in [-0.4, -0.2) is 32.0 Å². The molecule has 3 aromatic rings. The van der Waals surface area contributed by atoms with Crippen LogP contribution < -0.4 is 20.7 Å². The Bertz CT molecular complexity index is 1000. The largest absolute Gasteiger partial charge is 0.497 e. The number of rotatable bonds is 9. The first-order valence-corrected chi connectivity index (χ1v) is 9.84. The molecule has 0 aliphatic carbocycles. The molecule has 0 aromatic heterocycles. The van der Waals surface area contributed by atoms with Crippen LogP contribution in [0.1, 0.15) is 15.9 Å². The number of methoxy groups -OCH3 is 1. The summed E-state index contributed by atoms with van der Waals surface area (Å²) in [7, 11) is 1.58. The van der Waals surface area contributed by atoms with E-state index >= 15 is 0 Å². The number of carbonyl (C=O) groups is 2. The number of carbonyl (C=O) groups excluding carboxylic acids is 2. The molecule has 3 N–H and O–H groups in total. The van der Waals surface area contributed by atoms with Gasteiger partial charge in [0.1, 0.15) is 11.6 Å². The second kappa shape index (κ2) is 10.8. The third kappa shape index (κ3) is 6.85. The van der Waals surface area contributed by atoms with Gasteiger partial charge in [-0.3, -0.25) is 9.59 Å². The number of anilines is 2. The minimum Gasteiger partial charge on any atom is -0.497 e. The van der Waals surface area contributed by atoms with Crippen LogP contribution in [0.2, 0.25) is 0 Å². The zero-order chi connectivity index (χ0) is 22.1. The van der Waals surface area contributed by atoms with E-state index in [0.717, 1.165) is 11.3 Å². The topological polar surface area (TPSA) is 79.5 Å². The molecule has 0 heterocycles. The molecule has 6 nitrogen and oxygen atoms in total. The third-order valence-corrected chi connectivity index (χ3v) is 4.60. The van der Waals surface area contributed by atoms with Gasteiger partial charge < -0.3 is 20.7 Å². The highest BCUT2D eigenvalue weighted by atomic mass is 19.1. The van der Waals surface area contributed by atoms with E-state index in [2.05, 4.69) is 16.0 Å². The summed E-state index contributed by atoms with van der Waals surface area (Å²) in [5.74, 6) is 0.0628. The van der Waals surface area contributed by atoms with E-state index in [1.165, 1.54) is 12.1 Å². The minimum absolute atomic E-state index is 0.112. The molecule has 3 rings (SSSR count). The van der Waals surface area contributed by atoms with E-state index < -0.39 is 0 Å². The highest BCUT2D eigenvalue weighted by Crippen LogP contribution is 2.16. The molecule has 0 saturated heterocycles. The molecule has 0 unspecified atom stereocenters. The maximum atomic E-state index is 12.9. The van der Waals surface area contributed by atoms with Crippen molar-refractivity contribution in [2.75, 3.05) is 30.8 Å². The summed E-state index contributed by atoms with van der Waals surface area (Å²) in [6.45, 7) is 0.581. The Hall–Kier alpha value is -3.87.